The number of hydrogen-bond acceptors (Lipinski definition) is 3. The molecule has 0 atom stereocenters. The highest BCUT2D eigenvalue weighted by Crippen LogP contribution is 2.27. The fraction of sp³-hybridized carbons (Fsp3) is 0.0714. The highest BCUT2D eigenvalue weighted by molar-refractivity contribution is 6.06. The van der Waals surface area contributed by atoms with Crippen molar-refractivity contribution in [2.75, 3.05) is 5.32 Å². The zero-order valence-corrected chi connectivity index (χ0v) is 18.7. The van der Waals surface area contributed by atoms with Crippen molar-refractivity contribution < 1.29 is 13.9 Å². The maximum atomic E-state index is 13.4. The number of anilines is 1. The summed E-state index contributed by atoms with van der Waals surface area (Å²) in [6, 6.07) is 26.7. The molecule has 1 aromatic heterocycles. The fourth-order valence-corrected chi connectivity index (χ4v) is 3.91. The monoisotopic (exact) mass is 451 g/mol. The van der Waals surface area contributed by atoms with Gasteiger partial charge in [0.15, 0.2) is 0 Å². The zero-order valence-electron chi connectivity index (χ0n) is 18.7. The molecule has 34 heavy (non-hydrogen) atoms. The second-order valence-corrected chi connectivity index (χ2v) is 8.02. The highest BCUT2D eigenvalue weighted by Gasteiger charge is 2.14. The first-order chi connectivity index (χ1) is 16.5. The van der Waals surface area contributed by atoms with Gasteiger partial charge in [0.05, 0.1) is 11.0 Å². The van der Waals surface area contributed by atoms with Crippen molar-refractivity contribution in [1.29, 1.82) is 0 Å². The van der Waals surface area contributed by atoms with Crippen LogP contribution in [0.5, 0.6) is 11.5 Å². The molecule has 0 unspecified atom stereocenters. The van der Waals surface area contributed by atoms with Crippen molar-refractivity contribution >= 4 is 22.6 Å². The maximum absolute atomic E-state index is 13.4. The number of halogens is 1. The number of carbonyl (C=O) groups excluding carboxylic acids is 1. The van der Waals surface area contributed by atoms with E-state index >= 15 is 0 Å². The normalized spacial score (nSPS) is 10.9. The summed E-state index contributed by atoms with van der Waals surface area (Å²) < 4.78 is 21.2. The number of benzene rings is 4. The van der Waals surface area contributed by atoms with E-state index in [2.05, 4.69) is 10.3 Å². The van der Waals surface area contributed by atoms with E-state index in [1.165, 1.54) is 12.1 Å². The van der Waals surface area contributed by atoms with Gasteiger partial charge in [-0.1, -0.05) is 18.2 Å². The third-order valence-corrected chi connectivity index (χ3v) is 5.59. The Kier molecular flexibility index (Phi) is 5.55. The molecular formula is C28H22FN3O2. The molecule has 0 aliphatic heterocycles. The molecule has 1 amide bonds. The smallest absolute Gasteiger partial charge is 0.255 e. The molecule has 0 bridgehead atoms. The molecule has 5 aromatic rings. The molecule has 1 N–H and O–H groups in total. The number of carbonyl (C=O) groups is 1. The quantitative estimate of drug-likeness (QED) is 0.319. The van der Waals surface area contributed by atoms with Gasteiger partial charge in [-0.3, -0.25) is 9.36 Å². The maximum Gasteiger partial charge on any atom is 0.255 e. The molecule has 0 saturated carbocycles. The van der Waals surface area contributed by atoms with E-state index in [1.807, 2.05) is 73.0 Å². The van der Waals surface area contributed by atoms with Crippen LogP contribution in [-0.4, -0.2) is 15.5 Å². The first kappa shape index (κ1) is 21.4. The van der Waals surface area contributed by atoms with Crippen molar-refractivity contribution in [2.24, 2.45) is 0 Å². The molecule has 6 heteroatoms. The first-order valence-corrected chi connectivity index (χ1v) is 10.9. The lowest BCUT2D eigenvalue weighted by Gasteiger charge is -2.12. The van der Waals surface area contributed by atoms with Gasteiger partial charge in [0.2, 0.25) is 0 Å². The number of aromatic nitrogens is 2. The number of ether oxygens (including phenoxy) is 1. The predicted molar refractivity (Wildman–Crippen MR) is 131 cm³/mol. The fourth-order valence-electron chi connectivity index (χ4n) is 3.91. The standard InChI is InChI=1S/C28H22FN3O2/c1-18-16-24(34-23-6-4-3-5-7-23)13-15-25(18)31-28(33)20-8-14-26-27(17-20)32(19(2)30-26)22-11-9-21(29)10-12-22/h3-17H,1-2H3,(H,31,33). The van der Waals surface area contributed by atoms with Crippen molar-refractivity contribution in [3.05, 3.63) is 114 Å². The van der Waals surface area contributed by atoms with Crippen molar-refractivity contribution in [3.63, 3.8) is 0 Å². The minimum atomic E-state index is -0.304. The largest absolute Gasteiger partial charge is 0.457 e. The van der Waals surface area contributed by atoms with Crippen molar-refractivity contribution in [2.45, 2.75) is 13.8 Å². The van der Waals surface area contributed by atoms with Crippen LogP contribution < -0.4 is 10.1 Å². The SMILES string of the molecule is Cc1cc(Oc2ccccc2)ccc1NC(=O)c1ccc2nc(C)n(-c3ccc(F)cc3)c2c1. The molecule has 4 aromatic carbocycles. The van der Waals surface area contributed by atoms with E-state index in [1.54, 1.807) is 24.3 Å². The average Bonchev–Trinajstić information content (AvgIpc) is 3.17. The van der Waals surface area contributed by atoms with Crippen LogP contribution in [-0.2, 0) is 0 Å². The number of aryl methyl sites for hydroxylation is 2. The Morgan fingerprint density at radius 1 is 0.882 bits per heavy atom. The van der Waals surface area contributed by atoms with Gasteiger partial charge in [0.1, 0.15) is 23.1 Å². The Labute approximate surface area is 196 Å². The average molecular weight is 452 g/mol. The molecule has 5 rings (SSSR count). The van der Waals surface area contributed by atoms with Crippen molar-refractivity contribution in [3.8, 4) is 17.2 Å². The van der Waals surface area contributed by atoms with Crippen LogP contribution in [0.25, 0.3) is 16.7 Å². The summed E-state index contributed by atoms with van der Waals surface area (Å²) in [7, 11) is 0. The minimum absolute atomic E-state index is 0.230. The summed E-state index contributed by atoms with van der Waals surface area (Å²) in [6.07, 6.45) is 0. The Morgan fingerprint density at radius 2 is 1.65 bits per heavy atom. The molecule has 1 heterocycles. The lowest BCUT2D eigenvalue weighted by molar-refractivity contribution is 0.102. The van der Waals surface area contributed by atoms with E-state index in [4.69, 9.17) is 4.74 Å². The molecule has 0 spiro atoms. The summed E-state index contributed by atoms with van der Waals surface area (Å²) in [5, 5.41) is 2.98. The van der Waals surface area contributed by atoms with E-state index in [0.29, 0.717) is 17.0 Å². The second kappa shape index (κ2) is 8.83. The highest BCUT2D eigenvalue weighted by atomic mass is 19.1. The van der Waals surface area contributed by atoms with E-state index < -0.39 is 0 Å². The van der Waals surface area contributed by atoms with Crippen LogP contribution in [0.15, 0.2) is 91.0 Å². The number of nitrogens with zero attached hydrogens (tertiary/aromatic N) is 2. The topological polar surface area (TPSA) is 56.1 Å². The number of amides is 1. The molecular weight excluding hydrogens is 429 g/mol. The molecule has 0 saturated heterocycles. The summed E-state index contributed by atoms with van der Waals surface area (Å²) in [4.78, 5) is 17.6. The van der Waals surface area contributed by atoms with Gasteiger partial charge < -0.3 is 10.1 Å². The van der Waals surface area contributed by atoms with Crippen molar-refractivity contribution in [1.82, 2.24) is 9.55 Å². The van der Waals surface area contributed by atoms with Crippen LogP contribution >= 0.6 is 0 Å². The summed E-state index contributed by atoms with van der Waals surface area (Å²) in [5.41, 5.74) is 4.41. The number of para-hydroxylation sites is 1. The van der Waals surface area contributed by atoms with Crippen LogP contribution in [0.4, 0.5) is 10.1 Å². The summed E-state index contributed by atoms with van der Waals surface area (Å²) >= 11 is 0. The second-order valence-electron chi connectivity index (χ2n) is 8.02. The minimum Gasteiger partial charge on any atom is -0.457 e. The van der Waals surface area contributed by atoms with Gasteiger partial charge in [-0.25, -0.2) is 9.37 Å². The van der Waals surface area contributed by atoms with Crippen LogP contribution in [0, 0.1) is 19.7 Å². The van der Waals surface area contributed by atoms with Gasteiger partial charge in [0.25, 0.3) is 5.91 Å². The van der Waals surface area contributed by atoms with Gasteiger partial charge in [-0.05, 0) is 92.2 Å². The molecule has 0 fully saturated rings. The summed E-state index contributed by atoms with van der Waals surface area (Å²) in [5.74, 6) is 1.67. The molecule has 0 aliphatic rings. The molecule has 168 valence electrons. The lowest BCUT2D eigenvalue weighted by atomic mass is 10.1. The summed E-state index contributed by atoms with van der Waals surface area (Å²) in [6.45, 7) is 3.80. The predicted octanol–water partition coefficient (Wildman–Crippen LogP) is 6.83. The molecule has 0 radical (unpaired) electrons. The van der Waals surface area contributed by atoms with Gasteiger partial charge in [-0.15, -0.1) is 0 Å². The molecule has 5 nitrogen and oxygen atoms in total. The lowest BCUT2D eigenvalue weighted by Crippen LogP contribution is -2.13. The third kappa shape index (κ3) is 4.26. The Hall–Kier alpha value is -4.45. The van der Waals surface area contributed by atoms with Gasteiger partial charge >= 0.3 is 0 Å². The number of fused-ring (bicyclic) bond motifs is 1. The van der Waals surface area contributed by atoms with Crippen LogP contribution in [0.1, 0.15) is 21.7 Å². The van der Waals surface area contributed by atoms with E-state index in [0.717, 1.165) is 33.9 Å². The first-order valence-electron chi connectivity index (χ1n) is 10.9. The number of nitrogens with one attached hydrogen (secondary N) is 1. The number of rotatable bonds is 5. The third-order valence-electron chi connectivity index (χ3n) is 5.59. The van der Waals surface area contributed by atoms with Gasteiger partial charge in [-0.2, -0.15) is 0 Å². The van der Waals surface area contributed by atoms with E-state index in [-0.39, 0.29) is 11.7 Å². The Morgan fingerprint density at radius 3 is 2.38 bits per heavy atom. The number of hydrogen-bond donors (Lipinski definition) is 1. The Balaban J connectivity index is 1.40. The van der Waals surface area contributed by atoms with Gasteiger partial charge in [0, 0.05) is 16.9 Å². The van der Waals surface area contributed by atoms with Crippen LogP contribution in [0.3, 0.4) is 0 Å². The Bertz CT molecular complexity index is 1490. The van der Waals surface area contributed by atoms with Crippen LogP contribution in [0.2, 0.25) is 0 Å². The number of imidazole rings is 1. The molecule has 0 aliphatic carbocycles. The zero-order chi connectivity index (χ0) is 23.7. The van der Waals surface area contributed by atoms with E-state index in [9.17, 15) is 9.18 Å².